The molecule has 1 aromatic heterocycles. The van der Waals surface area contributed by atoms with Crippen molar-refractivity contribution in [3.05, 3.63) is 41.8 Å². The molecule has 4 nitrogen and oxygen atoms in total. The van der Waals surface area contributed by atoms with Gasteiger partial charge in [-0.3, -0.25) is 0 Å². The van der Waals surface area contributed by atoms with Crippen LogP contribution in [0.4, 0.5) is 5.69 Å². The summed E-state index contributed by atoms with van der Waals surface area (Å²) in [5.74, 6) is 0.970. The van der Waals surface area contributed by atoms with Gasteiger partial charge in [-0.15, -0.1) is 0 Å². The molecule has 1 heterocycles. The molecule has 0 saturated heterocycles. The van der Waals surface area contributed by atoms with E-state index < -0.39 is 0 Å². The first-order valence-electron chi connectivity index (χ1n) is 4.24. The predicted octanol–water partition coefficient (Wildman–Crippen LogP) is 2.50. The van der Waals surface area contributed by atoms with Gasteiger partial charge in [-0.25, -0.2) is 9.97 Å². The van der Waals surface area contributed by atoms with E-state index in [0.29, 0.717) is 22.3 Å². The molecular weight excluding hydrogens is 214 g/mol. The molecule has 0 amide bonds. The highest BCUT2D eigenvalue weighted by Gasteiger charge is 2.02. The number of benzene rings is 1. The summed E-state index contributed by atoms with van der Waals surface area (Å²) < 4.78 is 5.43. The molecular formula is C10H8ClN3O. The smallest absolute Gasteiger partial charge is 0.222 e. The molecule has 0 bridgehead atoms. The Hall–Kier alpha value is -1.81. The minimum atomic E-state index is 0.444. The van der Waals surface area contributed by atoms with Crippen LogP contribution in [0.3, 0.4) is 0 Å². The lowest BCUT2D eigenvalue weighted by Crippen LogP contribution is -1.93. The number of ether oxygens (including phenoxy) is 1. The van der Waals surface area contributed by atoms with E-state index in [-0.39, 0.29) is 0 Å². The zero-order valence-corrected chi connectivity index (χ0v) is 8.48. The standard InChI is InChI=1S/C10H8ClN3O/c11-7-1-2-9(8(12)5-7)15-10-3-4-13-6-14-10/h1-6H,12H2. The highest BCUT2D eigenvalue weighted by atomic mass is 35.5. The third-order valence-electron chi connectivity index (χ3n) is 1.74. The van der Waals surface area contributed by atoms with Crippen molar-refractivity contribution in [2.75, 3.05) is 5.73 Å². The van der Waals surface area contributed by atoms with Crippen LogP contribution in [0.2, 0.25) is 5.02 Å². The minimum absolute atomic E-state index is 0.444. The number of hydrogen-bond acceptors (Lipinski definition) is 4. The monoisotopic (exact) mass is 221 g/mol. The fourth-order valence-corrected chi connectivity index (χ4v) is 1.24. The van der Waals surface area contributed by atoms with Crippen molar-refractivity contribution in [3.63, 3.8) is 0 Å². The van der Waals surface area contributed by atoms with E-state index in [2.05, 4.69) is 9.97 Å². The maximum absolute atomic E-state index is 5.76. The topological polar surface area (TPSA) is 61.0 Å². The summed E-state index contributed by atoms with van der Waals surface area (Å²) in [4.78, 5) is 7.70. The molecule has 0 fully saturated rings. The second kappa shape index (κ2) is 4.14. The third-order valence-corrected chi connectivity index (χ3v) is 1.98. The van der Waals surface area contributed by atoms with Crippen LogP contribution in [0, 0.1) is 0 Å². The van der Waals surface area contributed by atoms with Crippen molar-refractivity contribution < 1.29 is 4.74 Å². The van der Waals surface area contributed by atoms with Crippen LogP contribution in [0.1, 0.15) is 0 Å². The summed E-state index contributed by atoms with van der Waals surface area (Å²) in [6.07, 6.45) is 3.00. The molecule has 76 valence electrons. The maximum atomic E-state index is 5.76. The fraction of sp³-hybridized carbons (Fsp3) is 0. The quantitative estimate of drug-likeness (QED) is 0.792. The summed E-state index contributed by atoms with van der Waals surface area (Å²) in [6, 6.07) is 6.67. The maximum Gasteiger partial charge on any atom is 0.222 e. The van der Waals surface area contributed by atoms with Gasteiger partial charge in [0, 0.05) is 17.3 Å². The van der Waals surface area contributed by atoms with Crippen LogP contribution in [0.5, 0.6) is 11.6 Å². The number of nitrogens with two attached hydrogens (primary N) is 1. The Kier molecular flexibility index (Phi) is 2.69. The second-order valence-corrected chi connectivity index (χ2v) is 3.27. The van der Waals surface area contributed by atoms with Gasteiger partial charge in [-0.1, -0.05) is 11.6 Å². The first-order chi connectivity index (χ1) is 7.25. The molecule has 1 aromatic carbocycles. The molecule has 2 aromatic rings. The Morgan fingerprint density at radius 3 is 2.80 bits per heavy atom. The number of nitrogen functional groups attached to an aromatic ring is 1. The lowest BCUT2D eigenvalue weighted by atomic mass is 10.3. The molecule has 0 spiro atoms. The number of aromatic nitrogens is 2. The van der Waals surface area contributed by atoms with E-state index in [1.807, 2.05) is 0 Å². The molecule has 0 aliphatic rings. The SMILES string of the molecule is Nc1cc(Cl)ccc1Oc1ccncn1. The Bertz CT molecular complexity index is 461. The lowest BCUT2D eigenvalue weighted by Gasteiger charge is -2.06. The van der Waals surface area contributed by atoms with Gasteiger partial charge in [0.05, 0.1) is 5.69 Å². The zero-order valence-electron chi connectivity index (χ0n) is 7.72. The first kappa shape index (κ1) is 9.73. The third kappa shape index (κ3) is 2.35. The van der Waals surface area contributed by atoms with Crippen LogP contribution in [-0.4, -0.2) is 9.97 Å². The van der Waals surface area contributed by atoms with E-state index in [0.717, 1.165) is 0 Å². The molecule has 5 heteroatoms. The van der Waals surface area contributed by atoms with Crippen LogP contribution in [0.15, 0.2) is 36.8 Å². The highest BCUT2D eigenvalue weighted by molar-refractivity contribution is 6.30. The second-order valence-electron chi connectivity index (χ2n) is 2.83. The molecule has 0 saturated carbocycles. The Labute approximate surface area is 91.7 Å². The normalized spacial score (nSPS) is 9.93. The van der Waals surface area contributed by atoms with Gasteiger partial charge in [0.1, 0.15) is 6.33 Å². The van der Waals surface area contributed by atoms with Gasteiger partial charge >= 0.3 is 0 Å². The van der Waals surface area contributed by atoms with E-state index in [9.17, 15) is 0 Å². The summed E-state index contributed by atoms with van der Waals surface area (Å²) >= 11 is 5.76. The van der Waals surface area contributed by atoms with Crippen LogP contribution in [-0.2, 0) is 0 Å². The van der Waals surface area contributed by atoms with Gasteiger partial charge in [0.2, 0.25) is 5.88 Å². The first-order valence-corrected chi connectivity index (χ1v) is 4.62. The van der Waals surface area contributed by atoms with E-state index in [4.69, 9.17) is 22.1 Å². The molecule has 15 heavy (non-hydrogen) atoms. The Morgan fingerprint density at radius 2 is 2.13 bits per heavy atom. The molecule has 0 aliphatic heterocycles. The zero-order chi connectivity index (χ0) is 10.7. The van der Waals surface area contributed by atoms with Gasteiger partial charge < -0.3 is 10.5 Å². The minimum Gasteiger partial charge on any atom is -0.437 e. The van der Waals surface area contributed by atoms with Crippen molar-refractivity contribution in [2.45, 2.75) is 0 Å². The fourth-order valence-electron chi connectivity index (χ4n) is 1.06. The van der Waals surface area contributed by atoms with Crippen molar-refractivity contribution >= 4 is 17.3 Å². The van der Waals surface area contributed by atoms with Crippen LogP contribution >= 0.6 is 11.6 Å². The average Bonchev–Trinajstić information content (AvgIpc) is 2.24. The number of halogens is 1. The summed E-state index contributed by atoms with van der Waals surface area (Å²) in [5, 5.41) is 0.572. The van der Waals surface area contributed by atoms with Crippen molar-refractivity contribution in [2.24, 2.45) is 0 Å². The highest BCUT2D eigenvalue weighted by Crippen LogP contribution is 2.28. The van der Waals surface area contributed by atoms with Gasteiger partial charge in [-0.05, 0) is 18.2 Å². The van der Waals surface area contributed by atoms with E-state index in [1.165, 1.54) is 6.33 Å². The van der Waals surface area contributed by atoms with Crippen LogP contribution < -0.4 is 10.5 Å². The van der Waals surface area contributed by atoms with Crippen molar-refractivity contribution in [1.82, 2.24) is 9.97 Å². The van der Waals surface area contributed by atoms with Crippen LogP contribution in [0.25, 0.3) is 0 Å². The number of rotatable bonds is 2. The summed E-state index contributed by atoms with van der Waals surface area (Å²) in [5.41, 5.74) is 6.19. The average molecular weight is 222 g/mol. The lowest BCUT2D eigenvalue weighted by molar-refractivity contribution is 0.463. The molecule has 0 aliphatic carbocycles. The molecule has 0 unspecified atom stereocenters. The van der Waals surface area contributed by atoms with Gasteiger partial charge in [0.25, 0.3) is 0 Å². The van der Waals surface area contributed by atoms with Crippen molar-refractivity contribution in [3.8, 4) is 11.6 Å². The van der Waals surface area contributed by atoms with Gasteiger partial charge in [0.15, 0.2) is 5.75 Å². The van der Waals surface area contributed by atoms with Crippen molar-refractivity contribution in [1.29, 1.82) is 0 Å². The molecule has 2 N–H and O–H groups in total. The molecule has 0 atom stereocenters. The number of nitrogens with zero attached hydrogens (tertiary/aromatic N) is 2. The Balaban J connectivity index is 2.25. The van der Waals surface area contributed by atoms with Gasteiger partial charge in [-0.2, -0.15) is 0 Å². The van der Waals surface area contributed by atoms with E-state index >= 15 is 0 Å². The Morgan fingerprint density at radius 1 is 1.27 bits per heavy atom. The summed E-state index contributed by atoms with van der Waals surface area (Å²) in [7, 11) is 0. The van der Waals surface area contributed by atoms with E-state index in [1.54, 1.807) is 30.5 Å². The molecule has 0 radical (unpaired) electrons. The number of hydrogen-bond donors (Lipinski definition) is 1. The predicted molar refractivity (Wildman–Crippen MR) is 58.0 cm³/mol. The largest absolute Gasteiger partial charge is 0.437 e. The number of anilines is 1. The molecule has 2 rings (SSSR count). The summed E-state index contributed by atoms with van der Waals surface area (Å²) in [6.45, 7) is 0.